The van der Waals surface area contributed by atoms with Gasteiger partial charge in [0.2, 0.25) is 4.77 Å². The molecule has 5 heteroatoms. The molecule has 3 nitrogen and oxygen atoms in total. The summed E-state index contributed by atoms with van der Waals surface area (Å²) in [4.78, 5) is 7.91. The van der Waals surface area contributed by atoms with Gasteiger partial charge in [-0.3, -0.25) is 4.40 Å². The molecule has 0 aliphatic heterocycles. The molecular weight excluding hydrogens is 398 g/mol. The van der Waals surface area contributed by atoms with Crippen LogP contribution in [0.2, 0.25) is 5.02 Å². The van der Waals surface area contributed by atoms with E-state index in [9.17, 15) is 0 Å². The molecule has 1 N–H and O–H groups in total. The fourth-order valence-corrected chi connectivity index (χ4v) is 3.79. The first-order chi connectivity index (χ1) is 14.2. The van der Waals surface area contributed by atoms with Crippen molar-refractivity contribution in [1.82, 2.24) is 14.4 Å². The highest BCUT2D eigenvalue weighted by atomic mass is 35.5. The Hall–Kier alpha value is -3.21. The van der Waals surface area contributed by atoms with E-state index in [1.54, 1.807) is 6.20 Å². The lowest BCUT2D eigenvalue weighted by Gasteiger charge is -2.04. The number of benzene rings is 3. The van der Waals surface area contributed by atoms with Crippen LogP contribution in [0, 0.1) is 4.77 Å². The lowest BCUT2D eigenvalue weighted by atomic mass is 10.0. The predicted molar refractivity (Wildman–Crippen MR) is 122 cm³/mol. The maximum Gasteiger partial charge on any atom is 0.205 e. The van der Waals surface area contributed by atoms with Crippen LogP contribution in [0.15, 0.2) is 91.3 Å². The van der Waals surface area contributed by atoms with E-state index in [1.165, 1.54) is 11.1 Å². The van der Waals surface area contributed by atoms with Gasteiger partial charge in [0.05, 0.1) is 5.69 Å². The Balaban J connectivity index is 1.60. The zero-order chi connectivity index (χ0) is 19.8. The van der Waals surface area contributed by atoms with Crippen LogP contribution in [0.5, 0.6) is 0 Å². The molecule has 0 amide bonds. The fourth-order valence-electron chi connectivity index (χ4n) is 3.47. The number of halogens is 1. The molecule has 2 aromatic heterocycles. The molecule has 140 valence electrons. The van der Waals surface area contributed by atoms with Crippen molar-refractivity contribution in [2.75, 3.05) is 0 Å². The van der Waals surface area contributed by atoms with E-state index in [1.807, 2.05) is 53.1 Å². The second-order valence-electron chi connectivity index (χ2n) is 6.79. The van der Waals surface area contributed by atoms with Gasteiger partial charge in [-0.05, 0) is 46.6 Å². The van der Waals surface area contributed by atoms with E-state index < -0.39 is 0 Å². The van der Waals surface area contributed by atoms with E-state index >= 15 is 0 Å². The molecule has 0 bridgehead atoms. The Morgan fingerprint density at radius 2 is 1.38 bits per heavy atom. The Morgan fingerprint density at radius 1 is 0.759 bits per heavy atom. The fraction of sp³-hybridized carbons (Fsp3) is 0. The van der Waals surface area contributed by atoms with Crippen LogP contribution in [0.1, 0.15) is 0 Å². The molecule has 0 saturated carbocycles. The van der Waals surface area contributed by atoms with Gasteiger partial charge in [-0.1, -0.05) is 78.3 Å². The van der Waals surface area contributed by atoms with Crippen LogP contribution in [0.25, 0.3) is 39.2 Å². The number of hydrogen-bond acceptors (Lipinski definition) is 2. The third kappa shape index (κ3) is 3.37. The zero-order valence-corrected chi connectivity index (χ0v) is 16.9. The minimum Gasteiger partial charge on any atom is -0.339 e. The summed E-state index contributed by atoms with van der Waals surface area (Å²) in [5.41, 5.74) is 7.38. The molecule has 29 heavy (non-hydrogen) atoms. The van der Waals surface area contributed by atoms with Crippen LogP contribution in [-0.2, 0) is 0 Å². The molecule has 0 aliphatic carbocycles. The lowest BCUT2D eigenvalue weighted by molar-refractivity contribution is 1.06. The Bertz CT molecular complexity index is 1350. The summed E-state index contributed by atoms with van der Waals surface area (Å²) in [6.07, 6.45) is 3.81. The van der Waals surface area contributed by atoms with E-state index in [4.69, 9.17) is 23.8 Å². The minimum absolute atomic E-state index is 0.515. The van der Waals surface area contributed by atoms with E-state index in [0.29, 0.717) is 9.79 Å². The van der Waals surface area contributed by atoms with Gasteiger partial charge in [0.25, 0.3) is 0 Å². The molecule has 0 saturated heterocycles. The zero-order valence-electron chi connectivity index (χ0n) is 15.3. The van der Waals surface area contributed by atoms with Gasteiger partial charge in [0, 0.05) is 23.0 Å². The average Bonchev–Trinajstić information content (AvgIpc) is 3.22. The summed E-state index contributed by atoms with van der Waals surface area (Å²) >= 11 is 11.5. The molecule has 0 spiro atoms. The quantitative estimate of drug-likeness (QED) is 0.321. The van der Waals surface area contributed by atoms with Crippen LogP contribution in [0.3, 0.4) is 0 Å². The average molecular weight is 414 g/mol. The van der Waals surface area contributed by atoms with Crippen molar-refractivity contribution in [3.05, 3.63) is 101 Å². The first kappa shape index (κ1) is 17.9. The molecule has 5 rings (SSSR count). The monoisotopic (exact) mass is 413 g/mol. The number of nitrogens with zero attached hydrogens (tertiary/aromatic N) is 2. The van der Waals surface area contributed by atoms with Gasteiger partial charge < -0.3 is 4.98 Å². The van der Waals surface area contributed by atoms with Gasteiger partial charge in [-0.25, -0.2) is 4.98 Å². The minimum atomic E-state index is 0.515. The number of nitrogens with one attached hydrogen (secondary N) is 1. The normalized spacial score (nSPS) is 11.1. The highest BCUT2D eigenvalue weighted by molar-refractivity contribution is 7.71. The van der Waals surface area contributed by atoms with Crippen LogP contribution < -0.4 is 0 Å². The number of H-pyrrole nitrogens is 1. The maximum absolute atomic E-state index is 6.04. The highest BCUT2D eigenvalue weighted by Crippen LogP contribution is 2.29. The Morgan fingerprint density at radius 3 is 2.10 bits per heavy atom. The predicted octanol–water partition coefficient (Wildman–Crippen LogP) is 7.05. The van der Waals surface area contributed by atoms with E-state index in [0.717, 1.165) is 28.0 Å². The van der Waals surface area contributed by atoms with Crippen molar-refractivity contribution >= 4 is 29.5 Å². The lowest BCUT2D eigenvalue weighted by Crippen LogP contribution is -1.92. The molecule has 0 radical (unpaired) electrons. The number of hydrogen-bond donors (Lipinski definition) is 1. The first-order valence-corrected chi connectivity index (χ1v) is 10.00. The van der Waals surface area contributed by atoms with Crippen molar-refractivity contribution in [3.8, 4) is 33.5 Å². The van der Waals surface area contributed by atoms with Crippen LogP contribution in [0.4, 0.5) is 0 Å². The maximum atomic E-state index is 6.04. The van der Waals surface area contributed by atoms with Crippen molar-refractivity contribution < 1.29 is 0 Å². The van der Waals surface area contributed by atoms with E-state index in [2.05, 4.69) is 46.4 Å². The number of imidazole rings is 1. The van der Waals surface area contributed by atoms with E-state index in [-0.39, 0.29) is 0 Å². The number of fused-ring (bicyclic) bond motifs is 1. The third-order valence-electron chi connectivity index (χ3n) is 4.98. The molecule has 5 aromatic rings. The Labute approximate surface area is 178 Å². The largest absolute Gasteiger partial charge is 0.339 e. The van der Waals surface area contributed by atoms with Gasteiger partial charge in [-0.2, -0.15) is 0 Å². The van der Waals surface area contributed by atoms with Crippen molar-refractivity contribution in [2.45, 2.75) is 0 Å². The highest BCUT2D eigenvalue weighted by Gasteiger charge is 2.10. The van der Waals surface area contributed by atoms with Gasteiger partial charge in [0.15, 0.2) is 0 Å². The summed E-state index contributed by atoms with van der Waals surface area (Å²) in [5, 5.41) is 0.705. The standard InChI is InChI=1S/C24H16ClN3S/c25-20-12-10-18(11-13-20)21-14-26-24(29)28-15-22(27-23(21)28)19-8-6-17(7-9-19)16-4-2-1-3-5-16/h1-15,27H. The van der Waals surface area contributed by atoms with Gasteiger partial charge in [-0.15, -0.1) is 0 Å². The van der Waals surface area contributed by atoms with Crippen molar-refractivity contribution in [2.24, 2.45) is 0 Å². The van der Waals surface area contributed by atoms with Crippen molar-refractivity contribution in [3.63, 3.8) is 0 Å². The molecule has 3 aromatic carbocycles. The summed E-state index contributed by atoms with van der Waals surface area (Å²) in [5.74, 6) is 0. The third-order valence-corrected chi connectivity index (χ3v) is 5.53. The topological polar surface area (TPSA) is 33.1 Å². The second-order valence-corrected chi connectivity index (χ2v) is 7.59. The molecular formula is C24H16ClN3S. The summed E-state index contributed by atoms with van der Waals surface area (Å²) < 4.78 is 2.43. The second kappa shape index (κ2) is 7.32. The molecule has 2 heterocycles. The number of rotatable bonds is 3. The molecule has 0 aliphatic rings. The Kier molecular flexibility index (Phi) is 4.51. The summed E-state index contributed by atoms with van der Waals surface area (Å²) in [6.45, 7) is 0. The first-order valence-electron chi connectivity index (χ1n) is 9.21. The van der Waals surface area contributed by atoms with Crippen LogP contribution in [-0.4, -0.2) is 14.4 Å². The van der Waals surface area contributed by atoms with Crippen molar-refractivity contribution in [1.29, 1.82) is 0 Å². The summed E-state index contributed by atoms with van der Waals surface area (Å²) in [7, 11) is 0. The number of aromatic amines is 1. The smallest absolute Gasteiger partial charge is 0.205 e. The van der Waals surface area contributed by atoms with Gasteiger partial charge >= 0.3 is 0 Å². The molecule has 0 atom stereocenters. The molecule has 0 fully saturated rings. The van der Waals surface area contributed by atoms with Gasteiger partial charge in [0.1, 0.15) is 5.65 Å². The number of aromatic nitrogens is 3. The molecule has 0 unspecified atom stereocenters. The van der Waals surface area contributed by atoms with Crippen LogP contribution >= 0.6 is 23.8 Å². The summed E-state index contributed by atoms with van der Waals surface area (Å²) in [6, 6.07) is 26.6. The SMILES string of the molecule is S=c1ncc(-c2ccc(Cl)cc2)c2[nH]c(-c3ccc(-c4ccccc4)cc3)cn12.